The fourth-order valence-electron chi connectivity index (χ4n) is 2.16. The lowest BCUT2D eigenvalue weighted by Crippen LogP contribution is -2.49. The molecule has 1 aromatic rings. The van der Waals surface area contributed by atoms with Crippen LogP contribution < -0.4 is 15.0 Å². The Kier molecular flexibility index (Phi) is 8.50. The van der Waals surface area contributed by atoms with Crippen LogP contribution in [0.15, 0.2) is 24.3 Å². The van der Waals surface area contributed by atoms with Gasteiger partial charge in [-0.2, -0.15) is 13.2 Å². The number of carbonyl (C=O) groups is 1. The van der Waals surface area contributed by atoms with Crippen LogP contribution in [0.2, 0.25) is 0 Å². The zero-order valence-electron chi connectivity index (χ0n) is 14.2. The fourth-order valence-corrected chi connectivity index (χ4v) is 2.16. The van der Waals surface area contributed by atoms with E-state index in [1.165, 1.54) is 5.69 Å². The van der Waals surface area contributed by atoms with Crippen molar-refractivity contribution in [1.82, 2.24) is 5.32 Å². The van der Waals surface area contributed by atoms with E-state index in [0.29, 0.717) is 19.3 Å². The largest absolute Gasteiger partial charge is 0.491 e. The Balaban J connectivity index is 0.000000381. The van der Waals surface area contributed by atoms with Crippen LogP contribution >= 0.6 is 0 Å². The molecule has 2 rings (SSSR count). The molecule has 1 saturated heterocycles. The monoisotopic (exact) mass is 364 g/mol. The van der Waals surface area contributed by atoms with Gasteiger partial charge in [0.15, 0.2) is 0 Å². The van der Waals surface area contributed by atoms with E-state index in [4.69, 9.17) is 19.4 Å². The van der Waals surface area contributed by atoms with Crippen LogP contribution in [0, 0.1) is 0 Å². The van der Waals surface area contributed by atoms with Crippen LogP contribution in [0.5, 0.6) is 5.75 Å². The number of methoxy groups -OCH3 is 1. The maximum atomic E-state index is 10.6. The molecule has 0 amide bonds. The molecule has 2 N–H and O–H groups in total. The van der Waals surface area contributed by atoms with Crippen LogP contribution in [-0.2, 0) is 9.53 Å². The van der Waals surface area contributed by atoms with Crippen molar-refractivity contribution < 1.29 is 32.5 Å². The highest BCUT2D eigenvalue weighted by atomic mass is 19.4. The standard InChI is InChI=1S/C14H22N2O2.C2HF3O2/c1-12-11-16(8-7-15-12)13-3-5-14(6-4-13)18-10-9-17-2;3-2(4,5)1(6)7/h3-6,12,15H,7-11H2,1-2H3;(H,6,7). The summed E-state index contributed by atoms with van der Waals surface area (Å²) in [7, 11) is 1.68. The Morgan fingerprint density at radius 2 is 1.92 bits per heavy atom. The quantitative estimate of drug-likeness (QED) is 0.780. The Morgan fingerprint density at radius 3 is 2.40 bits per heavy atom. The second-order valence-electron chi connectivity index (χ2n) is 5.44. The Labute approximate surface area is 144 Å². The SMILES string of the molecule is COCCOc1ccc(N2CCNC(C)C2)cc1.O=C(O)C(F)(F)F. The topological polar surface area (TPSA) is 71.0 Å². The van der Waals surface area contributed by atoms with Gasteiger partial charge in [-0.1, -0.05) is 0 Å². The minimum absolute atomic E-state index is 0.552. The molecule has 1 fully saturated rings. The lowest BCUT2D eigenvalue weighted by atomic mass is 10.2. The van der Waals surface area contributed by atoms with Crippen LogP contribution in [-0.4, -0.2) is 63.3 Å². The van der Waals surface area contributed by atoms with Crippen LogP contribution in [0.25, 0.3) is 0 Å². The van der Waals surface area contributed by atoms with Crippen molar-refractivity contribution in [3.05, 3.63) is 24.3 Å². The number of aliphatic carboxylic acids is 1. The zero-order chi connectivity index (χ0) is 18.9. The van der Waals surface area contributed by atoms with Gasteiger partial charge in [0.2, 0.25) is 0 Å². The summed E-state index contributed by atoms with van der Waals surface area (Å²) in [4.78, 5) is 11.3. The minimum atomic E-state index is -5.08. The molecule has 0 saturated carbocycles. The summed E-state index contributed by atoms with van der Waals surface area (Å²) in [5.41, 5.74) is 1.27. The van der Waals surface area contributed by atoms with Gasteiger partial charge in [0.05, 0.1) is 6.61 Å². The Hall–Kier alpha value is -2.00. The van der Waals surface area contributed by atoms with Gasteiger partial charge >= 0.3 is 12.1 Å². The van der Waals surface area contributed by atoms with Gasteiger partial charge < -0.3 is 24.8 Å². The Bertz CT molecular complexity index is 523. The van der Waals surface area contributed by atoms with Gasteiger partial charge in [-0.3, -0.25) is 0 Å². The molecule has 0 radical (unpaired) electrons. The first-order valence-corrected chi connectivity index (χ1v) is 7.74. The second-order valence-corrected chi connectivity index (χ2v) is 5.44. The number of piperazine rings is 1. The molecule has 0 aliphatic carbocycles. The van der Waals surface area contributed by atoms with Gasteiger partial charge in [0.25, 0.3) is 0 Å². The molecule has 1 unspecified atom stereocenters. The number of carboxylic acids is 1. The van der Waals surface area contributed by atoms with Crippen molar-refractivity contribution in [3.63, 3.8) is 0 Å². The van der Waals surface area contributed by atoms with Gasteiger partial charge in [-0.05, 0) is 31.2 Å². The minimum Gasteiger partial charge on any atom is -0.491 e. The van der Waals surface area contributed by atoms with E-state index in [1.54, 1.807) is 7.11 Å². The molecular formula is C16H23F3N2O4. The number of carboxylic acid groups (broad SMARTS) is 1. The number of halogens is 3. The van der Waals surface area contributed by atoms with E-state index in [9.17, 15) is 13.2 Å². The summed E-state index contributed by atoms with van der Waals surface area (Å²) >= 11 is 0. The van der Waals surface area contributed by atoms with Gasteiger partial charge in [0, 0.05) is 38.5 Å². The number of nitrogens with one attached hydrogen (secondary N) is 1. The summed E-state index contributed by atoms with van der Waals surface area (Å²) in [5.74, 6) is -1.86. The molecule has 1 heterocycles. The highest BCUT2D eigenvalue weighted by Crippen LogP contribution is 2.20. The third-order valence-corrected chi connectivity index (χ3v) is 3.37. The summed E-state index contributed by atoms with van der Waals surface area (Å²) in [5, 5.41) is 10.6. The first-order valence-electron chi connectivity index (χ1n) is 7.74. The molecule has 0 spiro atoms. The number of benzene rings is 1. The number of hydrogen-bond donors (Lipinski definition) is 2. The molecule has 1 aliphatic heterocycles. The average Bonchev–Trinajstić information content (AvgIpc) is 2.55. The molecule has 1 aliphatic rings. The molecule has 142 valence electrons. The molecule has 9 heteroatoms. The first kappa shape index (κ1) is 21.0. The number of anilines is 1. The smallest absolute Gasteiger partial charge is 0.490 e. The molecule has 0 aromatic heterocycles. The van der Waals surface area contributed by atoms with Crippen LogP contribution in [0.3, 0.4) is 0 Å². The number of nitrogens with zero attached hydrogens (tertiary/aromatic N) is 1. The number of rotatable bonds is 5. The van der Waals surface area contributed by atoms with Crippen molar-refractivity contribution in [2.45, 2.75) is 19.1 Å². The van der Waals surface area contributed by atoms with E-state index in [1.807, 2.05) is 12.1 Å². The molecule has 1 aromatic carbocycles. The van der Waals surface area contributed by atoms with Crippen molar-refractivity contribution in [1.29, 1.82) is 0 Å². The maximum absolute atomic E-state index is 10.6. The molecule has 6 nitrogen and oxygen atoms in total. The van der Waals surface area contributed by atoms with Gasteiger partial charge in [-0.25, -0.2) is 4.79 Å². The summed E-state index contributed by atoms with van der Waals surface area (Å²) in [6, 6.07) is 8.85. The van der Waals surface area contributed by atoms with Crippen LogP contribution in [0.4, 0.5) is 18.9 Å². The average molecular weight is 364 g/mol. The van der Waals surface area contributed by atoms with Crippen molar-refractivity contribution in [2.75, 3.05) is 44.9 Å². The van der Waals surface area contributed by atoms with E-state index < -0.39 is 12.1 Å². The molecule has 0 bridgehead atoms. The first-order chi connectivity index (χ1) is 11.7. The van der Waals surface area contributed by atoms with Gasteiger partial charge in [0.1, 0.15) is 12.4 Å². The maximum Gasteiger partial charge on any atom is 0.490 e. The molecule has 25 heavy (non-hydrogen) atoms. The van der Waals surface area contributed by atoms with Crippen molar-refractivity contribution in [2.24, 2.45) is 0 Å². The molecular weight excluding hydrogens is 341 g/mol. The lowest BCUT2D eigenvalue weighted by Gasteiger charge is -2.33. The summed E-state index contributed by atoms with van der Waals surface area (Å²) in [6.07, 6.45) is -5.08. The van der Waals surface area contributed by atoms with Crippen molar-refractivity contribution >= 4 is 11.7 Å². The second kappa shape index (κ2) is 10.1. The van der Waals surface area contributed by atoms with Crippen LogP contribution in [0.1, 0.15) is 6.92 Å². The predicted octanol–water partition coefficient (Wildman–Crippen LogP) is 2.14. The Morgan fingerprint density at radius 1 is 1.32 bits per heavy atom. The summed E-state index contributed by atoms with van der Waals surface area (Å²) < 4.78 is 42.2. The van der Waals surface area contributed by atoms with E-state index in [2.05, 4.69) is 29.3 Å². The number of hydrogen-bond acceptors (Lipinski definition) is 5. The highest BCUT2D eigenvalue weighted by Gasteiger charge is 2.38. The molecule has 1 atom stereocenters. The van der Waals surface area contributed by atoms with E-state index >= 15 is 0 Å². The lowest BCUT2D eigenvalue weighted by molar-refractivity contribution is -0.192. The third-order valence-electron chi connectivity index (χ3n) is 3.37. The summed E-state index contributed by atoms with van der Waals surface area (Å²) in [6.45, 7) is 6.61. The number of ether oxygens (including phenoxy) is 2. The normalized spacial score (nSPS) is 17.5. The van der Waals surface area contributed by atoms with Crippen molar-refractivity contribution in [3.8, 4) is 5.75 Å². The van der Waals surface area contributed by atoms with E-state index in [-0.39, 0.29) is 0 Å². The van der Waals surface area contributed by atoms with E-state index in [0.717, 1.165) is 25.4 Å². The van der Waals surface area contributed by atoms with Gasteiger partial charge in [-0.15, -0.1) is 0 Å². The highest BCUT2D eigenvalue weighted by molar-refractivity contribution is 5.73. The zero-order valence-corrected chi connectivity index (χ0v) is 14.2. The fraction of sp³-hybridized carbons (Fsp3) is 0.562. The number of alkyl halides is 3. The third kappa shape index (κ3) is 8.08. The predicted molar refractivity (Wildman–Crippen MR) is 87.2 cm³/mol.